The molecular weight excluding hydrogens is 632 g/mol. The summed E-state index contributed by atoms with van der Waals surface area (Å²) < 4.78 is 37.2. The number of hydrogen-bond donors (Lipinski definition) is 2. The van der Waals surface area contributed by atoms with Crippen LogP contribution in [0.15, 0.2) is 72.8 Å². The number of carbonyl (C=O) groups is 2. The molecule has 0 aromatic heterocycles. The van der Waals surface area contributed by atoms with E-state index in [1.54, 1.807) is 12.1 Å². The summed E-state index contributed by atoms with van der Waals surface area (Å²) in [7, 11) is 0. The van der Waals surface area contributed by atoms with E-state index < -0.39 is 12.3 Å². The van der Waals surface area contributed by atoms with Gasteiger partial charge < -0.3 is 43.4 Å². The van der Waals surface area contributed by atoms with Crippen LogP contribution < -0.4 is 14.2 Å². The van der Waals surface area contributed by atoms with E-state index in [9.17, 15) is 9.59 Å². The van der Waals surface area contributed by atoms with E-state index in [4.69, 9.17) is 43.4 Å². The predicted molar refractivity (Wildman–Crippen MR) is 183 cm³/mol. The van der Waals surface area contributed by atoms with Crippen molar-refractivity contribution >= 4 is 12.3 Å². The maximum atomic E-state index is 11.9. The molecule has 0 aliphatic heterocycles. The maximum absolute atomic E-state index is 11.9. The van der Waals surface area contributed by atoms with Crippen molar-refractivity contribution in [3.05, 3.63) is 89.5 Å². The van der Waals surface area contributed by atoms with Crippen LogP contribution in [-0.2, 0) is 38.2 Å². The van der Waals surface area contributed by atoms with Crippen molar-refractivity contribution in [2.45, 2.75) is 57.8 Å². The smallest absolute Gasteiger partial charge is 0.491 e. The first-order valence-electron chi connectivity index (χ1n) is 17.0. The summed E-state index contributed by atoms with van der Waals surface area (Å²) in [6, 6.07) is 22.7. The summed E-state index contributed by atoms with van der Waals surface area (Å²) >= 11 is 0. The Morgan fingerprint density at radius 2 is 0.878 bits per heavy atom. The molecule has 0 unspecified atom stereocenters. The van der Waals surface area contributed by atoms with E-state index in [-0.39, 0.29) is 46.2 Å². The molecule has 0 amide bonds. The van der Waals surface area contributed by atoms with E-state index in [1.807, 2.05) is 54.6 Å². The molecule has 2 N–H and O–H groups in total. The van der Waals surface area contributed by atoms with Crippen molar-refractivity contribution in [1.29, 1.82) is 0 Å². The molecule has 0 aliphatic carbocycles. The third kappa shape index (κ3) is 18.0. The summed E-state index contributed by atoms with van der Waals surface area (Å²) in [4.78, 5) is 23.8. The molecule has 3 aromatic rings. The largest absolute Gasteiger partial charge is 0.508 e. The lowest BCUT2D eigenvalue weighted by atomic mass is 10.0. The van der Waals surface area contributed by atoms with E-state index in [0.717, 1.165) is 61.8 Å². The fourth-order valence-corrected chi connectivity index (χ4v) is 4.86. The molecular formula is C38H50O11. The van der Waals surface area contributed by atoms with Crippen molar-refractivity contribution in [3.8, 4) is 17.2 Å². The lowest BCUT2D eigenvalue weighted by Gasteiger charge is -2.10. The van der Waals surface area contributed by atoms with Gasteiger partial charge in [-0.2, -0.15) is 0 Å². The Balaban J connectivity index is 1.14. The quantitative estimate of drug-likeness (QED) is 0.0750. The van der Waals surface area contributed by atoms with Crippen LogP contribution in [0.25, 0.3) is 0 Å². The van der Waals surface area contributed by atoms with Gasteiger partial charge in [0.15, 0.2) is 0 Å². The zero-order valence-corrected chi connectivity index (χ0v) is 28.2. The van der Waals surface area contributed by atoms with Crippen LogP contribution in [0.3, 0.4) is 0 Å². The van der Waals surface area contributed by atoms with Crippen LogP contribution in [0, 0.1) is 0 Å². The normalized spacial score (nSPS) is 10.7. The summed E-state index contributed by atoms with van der Waals surface area (Å²) in [5.74, 6) is 2.04. The van der Waals surface area contributed by atoms with Crippen molar-refractivity contribution in [2.75, 3.05) is 59.5 Å². The van der Waals surface area contributed by atoms with Crippen LogP contribution in [0.5, 0.6) is 17.2 Å². The van der Waals surface area contributed by atoms with E-state index in [0.29, 0.717) is 37.6 Å². The highest BCUT2D eigenvalue weighted by Crippen LogP contribution is 2.17. The van der Waals surface area contributed by atoms with Crippen molar-refractivity contribution < 1.29 is 53.0 Å². The summed E-state index contributed by atoms with van der Waals surface area (Å²) in [5, 5.41) is 17.9. The van der Waals surface area contributed by atoms with Gasteiger partial charge in [0.2, 0.25) is 0 Å². The topological polar surface area (TPSA) is 139 Å². The van der Waals surface area contributed by atoms with Gasteiger partial charge in [-0.3, -0.25) is 0 Å². The van der Waals surface area contributed by atoms with Gasteiger partial charge in [0, 0.05) is 13.0 Å². The number of ether oxygens (including phenoxy) is 7. The highest BCUT2D eigenvalue weighted by Gasteiger charge is 2.07. The maximum Gasteiger partial charge on any atom is 0.508 e. The molecule has 3 aromatic carbocycles. The average molecular weight is 683 g/mol. The summed E-state index contributed by atoms with van der Waals surface area (Å²) in [5.41, 5.74) is 3.11. The summed E-state index contributed by atoms with van der Waals surface area (Å²) in [6.45, 7) is 1.31. The molecule has 3 rings (SSSR count). The molecule has 49 heavy (non-hydrogen) atoms. The number of aliphatic hydroxyl groups excluding tert-OH is 2. The highest BCUT2D eigenvalue weighted by molar-refractivity contribution is 5.60. The first kappa shape index (κ1) is 39.0. The van der Waals surface area contributed by atoms with Gasteiger partial charge in [-0.25, -0.2) is 9.59 Å². The highest BCUT2D eigenvalue weighted by atomic mass is 16.7. The van der Waals surface area contributed by atoms with Gasteiger partial charge >= 0.3 is 12.3 Å². The molecule has 0 heterocycles. The fraction of sp³-hybridized carbons (Fsp3) is 0.474. The Labute approximate surface area is 289 Å². The third-order valence-electron chi connectivity index (χ3n) is 7.29. The number of aryl methyl sites for hydroxylation is 1. The first-order valence-corrected chi connectivity index (χ1v) is 17.0. The second kappa shape index (κ2) is 24.6. The van der Waals surface area contributed by atoms with E-state index in [1.165, 1.54) is 5.56 Å². The number of unbranched alkanes of at least 4 members (excludes halogenated alkanes) is 5. The van der Waals surface area contributed by atoms with E-state index in [2.05, 4.69) is 6.07 Å². The van der Waals surface area contributed by atoms with Crippen LogP contribution in [-0.4, -0.2) is 82.0 Å². The molecule has 0 bridgehead atoms. The minimum absolute atomic E-state index is 0.00839. The monoisotopic (exact) mass is 682 g/mol. The van der Waals surface area contributed by atoms with Gasteiger partial charge in [0.25, 0.3) is 0 Å². The first-order chi connectivity index (χ1) is 24.1. The molecule has 0 saturated heterocycles. The SMILES string of the molecule is O=C(OCCCCCCCCc1cccc(OCCO)c1)OCCOc1cccc(CCOC(=O)OCCOc2cccc(CCO)c2)c1. The van der Waals surface area contributed by atoms with Gasteiger partial charge in [-0.15, -0.1) is 0 Å². The van der Waals surface area contributed by atoms with Crippen LogP contribution in [0.2, 0.25) is 0 Å². The molecule has 0 aliphatic rings. The Morgan fingerprint density at radius 1 is 0.429 bits per heavy atom. The zero-order chi connectivity index (χ0) is 34.8. The lowest BCUT2D eigenvalue weighted by Crippen LogP contribution is -2.15. The Bertz CT molecular complexity index is 1350. The van der Waals surface area contributed by atoms with Gasteiger partial charge in [-0.05, 0) is 78.8 Å². The van der Waals surface area contributed by atoms with Crippen molar-refractivity contribution in [2.24, 2.45) is 0 Å². The molecule has 0 saturated carbocycles. The van der Waals surface area contributed by atoms with Gasteiger partial charge in [-0.1, -0.05) is 62.1 Å². The number of benzene rings is 3. The van der Waals surface area contributed by atoms with Crippen LogP contribution in [0.1, 0.15) is 55.2 Å². The van der Waals surface area contributed by atoms with Crippen molar-refractivity contribution in [3.63, 3.8) is 0 Å². The third-order valence-corrected chi connectivity index (χ3v) is 7.29. The number of rotatable bonds is 25. The number of carbonyl (C=O) groups excluding carboxylic acids is 2. The van der Waals surface area contributed by atoms with Gasteiger partial charge in [0.1, 0.15) is 50.3 Å². The molecule has 11 nitrogen and oxygen atoms in total. The van der Waals surface area contributed by atoms with Gasteiger partial charge in [0.05, 0.1) is 19.8 Å². The van der Waals surface area contributed by atoms with Crippen molar-refractivity contribution in [1.82, 2.24) is 0 Å². The van der Waals surface area contributed by atoms with Crippen LogP contribution in [0.4, 0.5) is 9.59 Å². The minimum atomic E-state index is -0.773. The second-order valence-corrected chi connectivity index (χ2v) is 11.2. The standard InChI is InChI=1S/C38H50O11/c39-19-17-32-12-8-15-35(29-32)44-25-27-49-38(42)47-22-18-33-13-9-16-36(30-33)45-24-26-48-37(41)46-21-6-4-2-1-3-5-10-31-11-7-14-34(28-31)43-23-20-40/h7-9,11-16,28-30,39-40H,1-6,10,17-27H2. The minimum Gasteiger partial charge on any atom is -0.491 e. The lowest BCUT2D eigenvalue weighted by molar-refractivity contribution is 0.0445. The zero-order valence-electron chi connectivity index (χ0n) is 28.2. The average Bonchev–Trinajstić information content (AvgIpc) is 3.11. The molecule has 0 spiro atoms. The van der Waals surface area contributed by atoms with E-state index >= 15 is 0 Å². The number of hydrogen-bond acceptors (Lipinski definition) is 11. The Hall–Kier alpha value is -4.48. The predicted octanol–water partition coefficient (Wildman–Crippen LogP) is 6.48. The Kier molecular flexibility index (Phi) is 19.6. The Morgan fingerprint density at radius 3 is 1.43 bits per heavy atom. The van der Waals surface area contributed by atoms with Crippen LogP contribution >= 0.6 is 0 Å². The summed E-state index contributed by atoms with van der Waals surface area (Å²) in [6.07, 6.45) is 6.77. The molecule has 0 fully saturated rings. The number of aliphatic hydroxyl groups is 2. The molecule has 0 atom stereocenters. The molecule has 268 valence electrons. The second-order valence-electron chi connectivity index (χ2n) is 11.2. The molecule has 11 heteroatoms. The fourth-order valence-electron chi connectivity index (χ4n) is 4.86. The molecule has 0 radical (unpaired) electrons.